The molecule has 21 heavy (non-hydrogen) atoms. The average molecular weight is 287 g/mol. The van der Waals surface area contributed by atoms with Gasteiger partial charge in [-0.05, 0) is 31.7 Å². The molecule has 2 aromatic heterocycles. The SMILES string of the molecule is CCC(CC)n1ccc(Cn2cc(CNC3CC3)cn2)n1. The molecule has 0 atom stereocenters. The Morgan fingerprint density at radius 2 is 2.14 bits per heavy atom. The normalized spacial score (nSPS) is 15.0. The van der Waals surface area contributed by atoms with Crippen molar-refractivity contribution in [1.29, 1.82) is 0 Å². The maximum Gasteiger partial charge on any atom is 0.0849 e. The molecular weight excluding hydrogens is 262 g/mol. The van der Waals surface area contributed by atoms with E-state index in [0.29, 0.717) is 6.04 Å². The van der Waals surface area contributed by atoms with Crippen LogP contribution in [0.1, 0.15) is 56.8 Å². The molecule has 1 aliphatic carbocycles. The van der Waals surface area contributed by atoms with Crippen LogP contribution in [0.2, 0.25) is 0 Å². The number of nitrogens with zero attached hydrogens (tertiary/aromatic N) is 4. The first kappa shape index (κ1) is 14.3. The third-order valence-corrected chi connectivity index (χ3v) is 4.16. The van der Waals surface area contributed by atoms with E-state index in [4.69, 9.17) is 0 Å². The van der Waals surface area contributed by atoms with Gasteiger partial charge in [-0.1, -0.05) is 13.8 Å². The molecule has 114 valence electrons. The van der Waals surface area contributed by atoms with E-state index in [2.05, 4.69) is 52.5 Å². The predicted molar refractivity (Wildman–Crippen MR) is 83.0 cm³/mol. The van der Waals surface area contributed by atoms with E-state index in [1.165, 1.54) is 18.4 Å². The molecule has 1 fully saturated rings. The van der Waals surface area contributed by atoms with Crippen molar-refractivity contribution >= 4 is 0 Å². The second kappa shape index (κ2) is 6.43. The van der Waals surface area contributed by atoms with Gasteiger partial charge in [0.15, 0.2) is 0 Å². The molecule has 2 heterocycles. The first-order valence-electron chi connectivity index (χ1n) is 8.07. The molecule has 0 bridgehead atoms. The van der Waals surface area contributed by atoms with Crippen molar-refractivity contribution in [2.75, 3.05) is 0 Å². The van der Waals surface area contributed by atoms with Crippen LogP contribution in [0.4, 0.5) is 0 Å². The summed E-state index contributed by atoms with van der Waals surface area (Å²) in [5, 5.41) is 12.6. The van der Waals surface area contributed by atoms with Crippen LogP contribution in [0.25, 0.3) is 0 Å². The molecule has 5 nitrogen and oxygen atoms in total. The fourth-order valence-corrected chi connectivity index (χ4v) is 2.63. The Morgan fingerprint density at radius 1 is 1.33 bits per heavy atom. The van der Waals surface area contributed by atoms with Crippen molar-refractivity contribution in [3.05, 3.63) is 35.9 Å². The van der Waals surface area contributed by atoms with Crippen LogP contribution in [0.5, 0.6) is 0 Å². The fraction of sp³-hybridized carbons (Fsp3) is 0.625. The highest BCUT2D eigenvalue weighted by Crippen LogP contribution is 2.19. The Balaban J connectivity index is 1.58. The Bertz CT molecular complexity index is 563. The molecule has 5 heteroatoms. The predicted octanol–water partition coefficient (Wildman–Crippen LogP) is 2.74. The van der Waals surface area contributed by atoms with Gasteiger partial charge in [0.05, 0.1) is 24.5 Å². The first-order chi connectivity index (χ1) is 10.3. The highest BCUT2D eigenvalue weighted by molar-refractivity contribution is 5.07. The Labute approximate surface area is 126 Å². The van der Waals surface area contributed by atoms with Crippen molar-refractivity contribution in [2.45, 2.75) is 64.7 Å². The molecule has 1 saturated carbocycles. The van der Waals surface area contributed by atoms with Crippen LogP contribution in [0, 0.1) is 0 Å². The molecule has 0 aromatic carbocycles. The van der Waals surface area contributed by atoms with Crippen LogP contribution < -0.4 is 5.32 Å². The van der Waals surface area contributed by atoms with E-state index in [1.807, 2.05) is 10.9 Å². The van der Waals surface area contributed by atoms with E-state index in [0.717, 1.165) is 37.7 Å². The largest absolute Gasteiger partial charge is 0.310 e. The van der Waals surface area contributed by atoms with Gasteiger partial charge in [0.25, 0.3) is 0 Å². The number of hydrogen-bond donors (Lipinski definition) is 1. The lowest BCUT2D eigenvalue weighted by Gasteiger charge is -2.12. The van der Waals surface area contributed by atoms with Crippen molar-refractivity contribution in [1.82, 2.24) is 24.9 Å². The highest BCUT2D eigenvalue weighted by Gasteiger charge is 2.20. The monoisotopic (exact) mass is 287 g/mol. The van der Waals surface area contributed by atoms with Crippen molar-refractivity contribution < 1.29 is 0 Å². The number of aromatic nitrogens is 4. The molecule has 2 aromatic rings. The van der Waals surface area contributed by atoms with Crippen LogP contribution in [-0.2, 0) is 13.1 Å². The van der Waals surface area contributed by atoms with Gasteiger partial charge in [0.2, 0.25) is 0 Å². The zero-order valence-corrected chi connectivity index (χ0v) is 13.0. The van der Waals surface area contributed by atoms with Crippen LogP contribution >= 0.6 is 0 Å². The standard InChI is InChI=1S/C16H25N5/c1-3-16(4-2)21-8-7-15(19-21)12-20-11-13(10-18-20)9-17-14-5-6-14/h7-8,10-11,14,16-17H,3-6,9,12H2,1-2H3. The summed E-state index contributed by atoms with van der Waals surface area (Å²) in [4.78, 5) is 0. The van der Waals surface area contributed by atoms with Gasteiger partial charge in [-0.3, -0.25) is 9.36 Å². The van der Waals surface area contributed by atoms with E-state index in [-0.39, 0.29) is 0 Å². The van der Waals surface area contributed by atoms with Gasteiger partial charge in [-0.15, -0.1) is 0 Å². The maximum absolute atomic E-state index is 4.68. The molecule has 0 unspecified atom stereocenters. The lowest BCUT2D eigenvalue weighted by atomic mass is 10.2. The Kier molecular flexibility index (Phi) is 4.39. The van der Waals surface area contributed by atoms with Crippen molar-refractivity contribution in [3.63, 3.8) is 0 Å². The first-order valence-corrected chi connectivity index (χ1v) is 8.07. The van der Waals surface area contributed by atoms with E-state index < -0.39 is 0 Å². The smallest absolute Gasteiger partial charge is 0.0849 e. The minimum absolute atomic E-state index is 0.509. The molecule has 0 radical (unpaired) electrons. The topological polar surface area (TPSA) is 47.7 Å². The molecule has 0 amide bonds. The van der Waals surface area contributed by atoms with E-state index in [1.54, 1.807) is 0 Å². The molecule has 1 aliphatic rings. The van der Waals surface area contributed by atoms with Gasteiger partial charge in [-0.2, -0.15) is 10.2 Å². The van der Waals surface area contributed by atoms with Gasteiger partial charge in [-0.25, -0.2) is 0 Å². The lowest BCUT2D eigenvalue weighted by Crippen LogP contribution is -2.14. The van der Waals surface area contributed by atoms with Gasteiger partial charge in [0.1, 0.15) is 0 Å². The average Bonchev–Trinajstić information content (AvgIpc) is 3.04. The van der Waals surface area contributed by atoms with Crippen LogP contribution in [0.3, 0.4) is 0 Å². The molecule has 1 N–H and O–H groups in total. The molecule has 0 saturated heterocycles. The Morgan fingerprint density at radius 3 is 2.86 bits per heavy atom. The van der Waals surface area contributed by atoms with Crippen molar-refractivity contribution in [3.8, 4) is 0 Å². The summed E-state index contributed by atoms with van der Waals surface area (Å²) >= 11 is 0. The second-order valence-electron chi connectivity index (χ2n) is 5.96. The zero-order valence-electron chi connectivity index (χ0n) is 13.0. The van der Waals surface area contributed by atoms with Gasteiger partial charge >= 0.3 is 0 Å². The highest BCUT2D eigenvalue weighted by atomic mass is 15.3. The minimum atomic E-state index is 0.509. The molecule has 3 rings (SSSR count). The minimum Gasteiger partial charge on any atom is -0.310 e. The third kappa shape index (κ3) is 3.73. The fourth-order valence-electron chi connectivity index (χ4n) is 2.63. The number of hydrogen-bond acceptors (Lipinski definition) is 3. The van der Waals surface area contributed by atoms with Crippen LogP contribution in [0.15, 0.2) is 24.7 Å². The van der Waals surface area contributed by atoms with Crippen molar-refractivity contribution in [2.24, 2.45) is 0 Å². The summed E-state index contributed by atoms with van der Waals surface area (Å²) in [6.45, 7) is 6.09. The molecular formula is C16H25N5. The second-order valence-corrected chi connectivity index (χ2v) is 5.96. The maximum atomic E-state index is 4.68. The van der Waals surface area contributed by atoms with E-state index in [9.17, 15) is 0 Å². The molecule has 0 aliphatic heterocycles. The summed E-state index contributed by atoms with van der Waals surface area (Å²) in [5.74, 6) is 0. The lowest BCUT2D eigenvalue weighted by molar-refractivity contribution is 0.424. The summed E-state index contributed by atoms with van der Waals surface area (Å²) in [5.41, 5.74) is 2.33. The summed E-state index contributed by atoms with van der Waals surface area (Å²) < 4.78 is 4.07. The third-order valence-electron chi connectivity index (χ3n) is 4.16. The molecule has 0 spiro atoms. The van der Waals surface area contributed by atoms with Gasteiger partial charge in [0, 0.05) is 30.5 Å². The Hall–Kier alpha value is -1.62. The van der Waals surface area contributed by atoms with E-state index >= 15 is 0 Å². The number of rotatable bonds is 8. The van der Waals surface area contributed by atoms with Crippen LogP contribution in [-0.4, -0.2) is 25.6 Å². The quantitative estimate of drug-likeness (QED) is 0.812. The van der Waals surface area contributed by atoms with Gasteiger partial charge < -0.3 is 5.32 Å². The zero-order chi connectivity index (χ0) is 14.7. The summed E-state index contributed by atoms with van der Waals surface area (Å²) in [6.07, 6.45) is 11.0. The summed E-state index contributed by atoms with van der Waals surface area (Å²) in [6, 6.07) is 3.35. The number of nitrogens with one attached hydrogen (secondary N) is 1. The summed E-state index contributed by atoms with van der Waals surface area (Å²) in [7, 11) is 0.